The van der Waals surface area contributed by atoms with Crippen molar-refractivity contribution in [2.45, 2.75) is 6.92 Å². The number of methoxy groups -OCH3 is 2. The minimum atomic E-state index is -3.83. The summed E-state index contributed by atoms with van der Waals surface area (Å²) in [5.41, 5.74) is 4.76. The molecule has 2 N–H and O–H groups in total. The first-order valence-corrected chi connectivity index (χ1v) is 13.0. The average molecular weight is 525 g/mol. The second kappa shape index (κ2) is 12.0. The van der Waals surface area contributed by atoms with Gasteiger partial charge in [-0.15, -0.1) is 0 Å². The van der Waals surface area contributed by atoms with E-state index in [9.17, 15) is 18.0 Å². The zero-order valence-electron chi connectivity index (χ0n) is 20.9. The number of rotatable bonds is 10. The summed E-state index contributed by atoms with van der Waals surface area (Å²) >= 11 is 0. The Morgan fingerprint density at radius 3 is 2.27 bits per heavy atom. The van der Waals surface area contributed by atoms with Crippen LogP contribution in [0, 0.1) is 0 Å². The standard InChI is InChI=1S/C26H28N4O6S/c1-18(20-11-8-12-21(15-20)27-26(32)19-9-6-5-7-10-19)28-29-25(31)17-30(37(4,33)34)23-14-13-22(35-2)16-24(23)36-3/h5-16H,17H2,1-4H3,(H,27,32)(H,29,31)/b28-18-. The Kier molecular flexibility index (Phi) is 8.86. The van der Waals surface area contributed by atoms with Crippen molar-refractivity contribution in [1.29, 1.82) is 0 Å². The van der Waals surface area contributed by atoms with Crippen LogP contribution in [0.1, 0.15) is 22.8 Å². The number of anilines is 2. The van der Waals surface area contributed by atoms with Crippen molar-refractivity contribution >= 4 is 38.9 Å². The van der Waals surface area contributed by atoms with Crippen LogP contribution in [0.15, 0.2) is 77.9 Å². The van der Waals surface area contributed by atoms with E-state index >= 15 is 0 Å². The van der Waals surface area contributed by atoms with E-state index in [1.54, 1.807) is 61.5 Å². The van der Waals surface area contributed by atoms with Crippen LogP contribution in [-0.4, -0.2) is 53.0 Å². The van der Waals surface area contributed by atoms with Crippen LogP contribution in [0.25, 0.3) is 0 Å². The van der Waals surface area contributed by atoms with Gasteiger partial charge in [0.05, 0.1) is 31.9 Å². The molecule has 0 unspecified atom stereocenters. The number of sulfonamides is 1. The number of carbonyl (C=O) groups excluding carboxylic acids is 2. The van der Waals surface area contributed by atoms with Gasteiger partial charge in [-0.1, -0.05) is 30.3 Å². The molecule has 0 aliphatic carbocycles. The van der Waals surface area contributed by atoms with Crippen LogP contribution in [0.2, 0.25) is 0 Å². The number of amides is 2. The summed E-state index contributed by atoms with van der Waals surface area (Å²) in [6.07, 6.45) is 0.994. The molecule has 0 spiro atoms. The third-order valence-electron chi connectivity index (χ3n) is 5.27. The monoisotopic (exact) mass is 524 g/mol. The third kappa shape index (κ3) is 7.31. The first-order chi connectivity index (χ1) is 17.6. The van der Waals surface area contributed by atoms with Crippen molar-refractivity contribution in [2.75, 3.05) is 36.6 Å². The highest BCUT2D eigenvalue weighted by Gasteiger charge is 2.24. The molecular weight excluding hydrogens is 496 g/mol. The molecule has 0 fully saturated rings. The van der Waals surface area contributed by atoms with Crippen LogP contribution in [-0.2, 0) is 14.8 Å². The first-order valence-electron chi connectivity index (χ1n) is 11.1. The Hall–Kier alpha value is -4.38. The maximum absolute atomic E-state index is 12.7. The molecule has 194 valence electrons. The highest BCUT2D eigenvalue weighted by molar-refractivity contribution is 7.92. The molecule has 11 heteroatoms. The smallest absolute Gasteiger partial charge is 0.260 e. The summed E-state index contributed by atoms with van der Waals surface area (Å²) in [4.78, 5) is 25.1. The Morgan fingerprint density at radius 2 is 1.62 bits per heavy atom. The summed E-state index contributed by atoms with van der Waals surface area (Å²) < 4.78 is 36.3. The lowest BCUT2D eigenvalue weighted by atomic mass is 10.1. The molecule has 2 amide bonds. The van der Waals surface area contributed by atoms with Crippen molar-refractivity contribution in [3.63, 3.8) is 0 Å². The fourth-order valence-corrected chi connectivity index (χ4v) is 4.22. The van der Waals surface area contributed by atoms with Gasteiger partial charge in [0.1, 0.15) is 18.0 Å². The van der Waals surface area contributed by atoms with Crippen LogP contribution in [0.5, 0.6) is 11.5 Å². The summed E-state index contributed by atoms with van der Waals surface area (Å²) in [6, 6.07) is 20.4. The van der Waals surface area contributed by atoms with Gasteiger partial charge in [-0.05, 0) is 48.9 Å². The SMILES string of the molecule is COc1ccc(N(CC(=O)N/N=C(/C)c2cccc(NC(=O)c3ccccc3)c2)S(C)(=O)=O)c(OC)c1. The van der Waals surface area contributed by atoms with Crippen LogP contribution in [0.3, 0.4) is 0 Å². The molecule has 0 atom stereocenters. The molecular formula is C26H28N4O6S. The topological polar surface area (TPSA) is 126 Å². The van der Waals surface area contributed by atoms with E-state index in [0.29, 0.717) is 28.3 Å². The average Bonchev–Trinajstić information content (AvgIpc) is 2.90. The second-order valence-electron chi connectivity index (χ2n) is 7.94. The van der Waals surface area contributed by atoms with Crippen LogP contribution < -0.4 is 24.5 Å². The van der Waals surface area contributed by atoms with Crippen molar-refractivity contribution in [3.05, 3.63) is 83.9 Å². The van der Waals surface area contributed by atoms with E-state index < -0.39 is 22.5 Å². The van der Waals surface area contributed by atoms with Crippen molar-refractivity contribution in [1.82, 2.24) is 5.43 Å². The summed E-state index contributed by atoms with van der Waals surface area (Å²) in [7, 11) is -0.966. The van der Waals surface area contributed by atoms with Crippen molar-refractivity contribution < 1.29 is 27.5 Å². The number of nitrogens with one attached hydrogen (secondary N) is 2. The molecule has 0 bridgehead atoms. The van der Waals surface area contributed by atoms with Gasteiger partial charge >= 0.3 is 0 Å². The summed E-state index contributed by atoms with van der Waals surface area (Å²) in [6.45, 7) is 1.16. The minimum absolute atomic E-state index is 0.184. The van der Waals surface area contributed by atoms with Crippen LogP contribution in [0.4, 0.5) is 11.4 Å². The number of hydrogen-bond donors (Lipinski definition) is 2. The predicted octanol–water partition coefficient (Wildman–Crippen LogP) is 3.26. The fraction of sp³-hybridized carbons (Fsp3) is 0.192. The van der Waals surface area contributed by atoms with E-state index in [2.05, 4.69) is 15.8 Å². The molecule has 3 aromatic rings. The molecule has 0 aliphatic rings. The number of hydrogen-bond acceptors (Lipinski definition) is 7. The lowest BCUT2D eigenvalue weighted by Crippen LogP contribution is -2.39. The van der Waals surface area contributed by atoms with Gasteiger partial charge in [0.25, 0.3) is 11.8 Å². The van der Waals surface area contributed by atoms with Gasteiger partial charge in [-0.2, -0.15) is 5.10 Å². The largest absolute Gasteiger partial charge is 0.497 e. The Balaban J connectivity index is 1.73. The molecule has 3 rings (SSSR count). The van der Waals surface area contributed by atoms with Crippen LogP contribution >= 0.6 is 0 Å². The molecule has 0 saturated heterocycles. The summed E-state index contributed by atoms with van der Waals surface area (Å²) in [5, 5.41) is 6.93. The van der Waals surface area contributed by atoms with E-state index in [-0.39, 0.29) is 17.3 Å². The normalized spacial score (nSPS) is 11.4. The van der Waals surface area contributed by atoms with E-state index in [0.717, 1.165) is 10.6 Å². The molecule has 10 nitrogen and oxygen atoms in total. The third-order valence-corrected chi connectivity index (χ3v) is 6.39. The zero-order valence-corrected chi connectivity index (χ0v) is 21.7. The lowest BCUT2D eigenvalue weighted by molar-refractivity contribution is -0.119. The van der Waals surface area contributed by atoms with E-state index in [1.165, 1.54) is 26.4 Å². The van der Waals surface area contributed by atoms with Gasteiger partial charge in [0.2, 0.25) is 10.0 Å². The van der Waals surface area contributed by atoms with Gasteiger partial charge in [-0.3, -0.25) is 13.9 Å². The Labute approximate surface area is 216 Å². The van der Waals surface area contributed by atoms with Gasteiger partial charge in [0, 0.05) is 17.3 Å². The lowest BCUT2D eigenvalue weighted by Gasteiger charge is -2.23. The van der Waals surface area contributed by atoms with E-state index in [1.807, 2.05) is 6.07 Å². The van der Waals surface area contributed by atoms with Gasteiger partial charge in [-0.25, -0.2) is 13.8 Å². The second-order valence-corrected chi connectivity index (χ2v) is 9.85. The molecule has 0 aliphatic heterocycles. The number of nitrogens with zero attached hydrogens (tertiary/aromatic N) is 2. The zero-order chi connectivity index (χ0) is 27.0. The number of benzene rings is 3. The highest BCUT2D eigenvalue weighted by Crippen LogP contribution is 2.33. The minimum Gasteiger partial charge on any atom is -0.497 e. The van der Waals surface area contributed by atoms with Crippen molar-refractivity contribution in [3.8, 4) is 11.5 Å². The summed E-state index contributed by atoms with van der Waals surface area (Å²) in [5.74, 6) is -0.209. The number of ether oxygens (including phenoxy) is 2. The number of hydrazone groups is 1. The van der Waals surface area contributed by atoms with Gasteiger partial charge in [0.15, 0.2) is 0 Å². The van der Waals surface area contributed by atoms with Gasteiger partial charge < -0.3 is 14.8 Å². The maximum atomic E-state index is 12.7. The maximum Gasteiger partial charge on any atom is 0.260 e. The molecule has 0 radical (unpaired) electrons. The molecule has 0 heterocycles. The Morgan fingerprint density at radius 1 is 0.919 bits per heavy atom. The van der Waals surface area contributed by atoms with Crippen molar-refractivity contribution in [2.24, 2.45) is 5.10 Å². The predicted molar refractivity (Wildman–Crippen MR) is 143 cm³/mol. The molecule has 3 aromatic carbocycles. The van der Waals surface area contributed by atoms with E-state index in [4.69, 9.17) is 9.47 Å². The number of carbonyl (C=O) groups is 2. The molecule has 0 saturated carbocycles. The highest BCUT2D eigenvalue weighted by atomic mass is 32.2. The first kappa shape index (κ1) is 27.2. The Bertz CT molecular complexity index is 1410. The quantitative estimate of drug-likeness (QED) is 0.310. The molecule has 0 aromatic heterocycles. The molecule has 37 heavy (non-hydrogen) atoms. The fourth-order valence-electron chi connectivity index (χ4n) is 3.36.